The molecule has 1 atom stereocenters. The van der Waals surface area contributed by atoms with Gasteiger partial charge in [0.1, 0.15) is 11.6 Å². The number of halogens is 1. The summed E-state index contributed by atoms with van der Waals surface area (Å²) in [5.74, 6) is 2.08. The van der Waals surface area contributed by atoms with Gasteiger partial charge >= 0.3 is 0 Å². The summed E-state index contributed by atoms with van der Waals surface area (Å²) in [7, 11) is 1.57. The molecule has 2 amide bonds. The van der Waals surface area contributed by atoms with Crippen LogP contribution in [0.5, 0.6) is 5.75 Å². The Bertz CT molecular complexity index is 1600. The van der Waals surface area contributed by atoms with Crippen molar-refractivity contribution in [2.75, 3.05) is 25.1 Å². The molecule has 0 N–H and O–H groups in total. The lowest BCUT2D eigenvalue weighted by molar-refractivity contribution is -0.132. The molecule has 2 aromatic heterocycles. The third-order valence-corrected chi connectivity index (χ3v) is 8.70. The lowest BCUT2D eigenvalue weighted by atomic mass is 9.96. The third kappa shape index (κ3) is 5.19. The van der Waals surface area contributed by atoms with Gasteiger partial charge in [-0.15, -0.1) is 0 Å². The molecule has 2 aromatic carbocycles. The van der Waals surface area contributed by atoms with Gasteiger partial charge < -0.3 is 23.6 Å². The van der Waals surface area contributed by atoms with Crippen molar-refractivity contribution in [1.82, 2.24) is 19.6 Å². The van der Waals surface area contributed by atoms with E-state index in [-0.39, 0.29) is 17.9 Å². The summed E-state index contributed by atoms with van der Waals surface area (Å²) >= 11 is 6.46. The van der Waals surface area contributed by atoms with E-state index in [1.807, 2.05) is 41.8 Å². The van der Waals surface area contributed by atoms with Crippen LogP contribution in [0, 0.1) is 12.8 Å². The normalized spacial score (nSPS) is 18.0. The number of fused-ring (bicyclic) bond motifs is 1. The second kappa shape index (κ2) is 11.2. The van der Waals surface area contributed by atoms with Gasteiger partial charge in [-0.3, -0.25) is 9.59 Å². The zero-order chi connectivity index (χ0) is 28.7. The van der Waals surface area contributed by atoms with Crippen molar-refractivity contribution < 1.29 is 18.8 Å². The molecule has 0 unspecified atom stereocenters. The second-order valence-corrected chi connectivity index (χ2v) is 11.3. The van der Waals surface area contributed by atoms with E-state index in [4.69, 9.17) is 25.8 Å². The van der Waals surface area contributed by atoms with Crippen LogP contribution in [0.2, 0.25) is 5.02 Å². The molecule has 41 heavy (non-hydrogen) atoms. The number of hydrogen-bond donors (Lipinski definition) is 0. The molecule has 4 aromatic rings. The van der Waals surface area contributed by atoms with Gasteiger partial charge in [-0.25, -0.2) is 4.98 Å². The van der Waals surface area contributed by atoms with Gasteiger partial charge in [-0.1, -0.05) is 23.7 Å². The summed E-state index contributed by atoms with van der Waals surface area (Å²) < 4.78 is 13.0. The summed E-state index contributed by atoms with van der Waals surface area (Å²) in [4.78, 5) is 34.4. The predicted octanol–water partition coefficient (Wildman–Crippen LogP) is 6.18. The Hall–Kier alpha value is -3.85. The predicted molar refractivity (Wildman–Crippen MR) is 157 cm³/mol. The van der Waals surface area contributed by atoms with E-state index >= 15 is 0 Å². The molecular weight excluding hydrogens is 542 g/mol. The number of ether oxygens (including phenoxy) is 1. The van der Waals surface area contributed by atoms with Crippen molar-refractivity contribution in [3.63, 3.8) is 0 Å². The topological polar surface area (TPSA) is 93.7 Å². The summed E-state index contributed by atoms with van der Waals surface area (Å²) in [5, 5.41) is 5.51. The molecule has 6 rings (SSSR count). The number of anilines is 1. The smallest absolute Gasteiger partial charge is 0.227 e. The molecule has 0 aliphatic carbocycles. The van der Waals surface area contributed by atoms with E-state index in [1.54, 1.807) is 19.2 Å². The van der Waals surface area contributed by atoms with Gasteiger partial charge in [0.15, 0.2) is 5.58 Å². The fraction of sp³-hybridized carbons (Fsp3) is 0.419. The average Bonchev–Trinajstić information content (AvgIpc) is 3.69. The van der Waals surface area contributed by atoms with Gasteiger partial charge in [-0.2, -0.15) is 0 Å². The van der Waals surface area contributed by atoms with E-state index < -0.39 is 0 Å². The molecule has 2 saturated heterocycles. The number of amides is 2. The number of piperidine rings is 1. The Labute approximate surface area is 244 Å². The molecule has 2 aliphatic rings. The fourth-order valence-corrected chi connectivity index (χ4v) is 6.38. The molecule has 10 heteroatoms. The number of likely N-dealkylation sites (tertiary alicyclic amines) is 1. The number of imidazole rings is 1. The van der Waals surface area contributed by atoms with Crippen LogP contribution in [0.15, 0.2) is 47.1 Å². The maximum absolute atomic E-state index is 13.2. The minimum absolute atomic E-state index is 0.0419. The highest BCUT2D eigenvalue weighted by atomic mass is 35.5. The highest BCUT2D eigenvalue weighted by Crippen LogP contribution is 2.40. The average molecular weight is 576 g/mol. The minimum atomic E-state index is -0.233. The van der Waals surface area contributed by atoms with Crippen molar-refractivity contribution in [2.45, 2.75) is 58.5 Å². The fourth-order valence-electron chi connectivity index (χ4n) is 6.12. The van der Waals surface area contributed by atoms with Crippen LogP contribution in [0.25, 0.3) is 22.2 Å². The first-order valence-electron chi connectivity index (χ1n) is 14.2. The van der Waals surface area contributed by atoms with E-state index in [2.05, 4.69) is 22.0 Å². The first-order valence-corrected chi connectivity index (χ1v) is 14.6. The Morgan fingerprint density at radius 1 is 1.15 bits per heavy atom. The number of aryl methyl sites for hydroxylation is 1. The minimum Gasteiger partial charge on any atom is -0.495 e. The van der Waals surface area contributed by atoms with Gasteiger partial charge in [-0.05, 0) is 68.5 Å². The van der Waals surface area contributed by atoms with Crippen molar-refractivity contribution in [1.29, 1.82) is 0 Å². The SMILES string of the molecule is CCC(=O)N1CCC(Cn2cc(-c3ccc4onc(C)c4c3)nc2[C@@H]2CCC(=O)N2c2ccc(OC)c(Cl)c2)CC1. The number of aromatic nitrogens is 3. The van der Waals surface area contributed by atoms with E-state index in [0.717, 1.165) is 71.9 Å². The zero-order valence-electron chi connectivity index (χ0n) is 23.6. The van der Waals surface area contributed by atoms with E-state index in [1.165, 1.54) is 0 Å². The van der Waals surface area contributed by atoms with Crippen molar-refractivity contribution >= 4 is 40.1 Å². The highest BCUT2D eigenvalue weighted by Gasteiger charge is 2.37. The van der Waals surface area contributed by atoms with Crippen LogP contribution in [0.4, 0.5) is 5.69 Å². The van der Waals surface area contributed by atoms with Gasteiger partial charge in [0.2, 0.25) is 11.8 Å². The van der Waals surface area contributed by atoms with Crippen LogP contribution in [-0.2, 0) is 16.1 Å². The maximum atomic E-state index is 13.2. The first-order chi connectivity index (χ1) is 19.9. The van der Waals surface area contributed by atoms with E-state index in [0.29, 0.717) is 36.0 Å². The molecule has 0 bridgehead atoms. The van der Waals surface area contributed by atoms with Crippen molar-refractivity contribution in [3.8, 4) is 17.0 Å². The highest BCUT2D eigenvalue weighted by molar-refractivity contribution is 6.32. The molecule has 0 radical (unpaired) electrons. The van der Waals surface area contributed by atoms with Crippen LogP contribution in [-0.4, -0.2) is 51.6 Å². The molecular formula is C31H34ClN5O4. The summed E-state index contributed by atoms with van der Waals surface area (Å²) in [6, 6.07) is 11.2. The summed E-state index contributed by atoms with van der Waals surface area (Å²) in [5.41, 5.74) is 4.11. The van der Waals surface area contributed by atoms with Crippen molar-refractivity contribution in [3.05, 3.63) is 59.1 Å². The molecule has 2 fully saturated rings. The van der Waals surface area contributed by atoms with Crippen LogP contribution in [0.3, 0.4) is 0 Å². The van der Waals surface area contributed by atoms with Crippen molar-refractivity contribution in [2.24, 2.45) is 5.92 Å². The molecule has 0 spiro atoms. The largest absolute Gasteiger partial charge is 0.495 e. The number of carbonyl (C=O) groups excluding carboxylic acids is 2. The van der Waals surface area contributed by atoms with Gasteiger partial charge in [0.25, 0.3) is 0 Å². The molecule has 2 aliphatic heterocycles. The second-order valence-electron chi connectivity index (χ2n) is 10.9. The number of benzene rings is 2. The number of rotatable bonds is 7. The monoisotopic (exact) mass is 575 g/mol. The van der Waals surface area contributed by atoms with Gasteiger partial charge in [0.05, 0.1) is 29.6 Å². The maximum Gasteiger partial charge on any atom is 0.227 e. The number of nitrogens with zero attached hydrogens (tertiary/aromatic N) is 5. The molecule has 4 heterocycles. The number of hydrogen-bond acceptors (Lipinski definition) is 6. The lowest BCUT2D eigenvalue weighted by Gasteiger charge is -2.33. The quantitative estimate of drug-likeness (QED) is 0.261. The molecule has 214 valence electrons. The standard InChI is InChI=1S/C31H34ClN5O4/c1-4-29(38)35-13-11-20(12-14-35)17-36-18-25(21-5-8-27-23(15-21)19(2)34-41-27)33-31(36)26-7-10-30(39)37(26)22-6-9-28(40-3)24(32)16-22/h5-6,8-9,15-16,18,20,26H,4,7,10-14,17H2,1-3H3/t26-/m0/s1. The number of carbonyl (C=O) groups is 2. The van der Waals surface area contributed by atoms with Gasteiger partial charge in [0, 0.05) is 55.3 Å². The summed E-state index contributed by atoms with van der Waals surface area (Å²) in [6.45, 7) is 6.16. The lowest BCUT2D eigenvalue weighted by Crippen LogP contribution is -2.39. The zero-order valence-corrected chi connectivity index (χ0v) is 24.4. The van der Waals surface area contributed by atoms with E-state index in [9.17, 15) is 9.59 Å². The van der Waals surface area contributed by atoms with Crippen LogP contribution < -0.4 is 9.64 Å². The Balaban J connectivity index is 1.36. The van der Waals surface area contributed by atoms with Crippen LogP contribution in [0.1, 0.15) is 56.6 Å². The first kappa shape index (κ1) is 27.3. The molecule has 0 saturated carbocycles. The Morgan fingerprint density at radius 3 is 2.68 bits per heavy atom. The summed E-state index contributed by atoms with van der Waals surface area (Å²) in [6.07, 6.45) is 5.60. The Kier molecular flexibility index (Phi) is 7.46. The van der Waals surface area contributed by atoms with Crippen LogP contribution >= 0.6 is 11.6 Å². The molecule has 9 nitrogen and oxygen atoms in total. The third-order valence-electron chi connectivity index (χ3n) is 8.40. The number of methoxy groups -OCH3 is 1. The Morgan fingerprint density at radius 2 is 1.95 bits per heavy atom.